The molecule has 0 bridgehead atoms. The van der Waals surface area contributed by atoms with E-state index in [1.54, 1.807) is 26.0 Å². The number of quaternary nitrogens is 1. The summed E-state index contributed by atoms with van der Waals surface area (Å²) in [6.07, 6.45) is 0. The Morgan fingerprint density at radius 2 is 1.61 bits per heavy atom. The molecule has 1 aromatic rings. The summed E-state index contributed by atoms with van der Waals surface area (Å²) in [5, 5.41) is 0. The topological polar surface area (TPSA) is 85.1 Å². The van der Waals surface area contributed by atoms with Gasteiger partial charge in [-0.1, -0.05) is 24.3 Å². The Bertz CT molecular complexity index is 574. The van der Waals surface area contributed by atoms with E-state index in [1.165, 1.54) is 17.0 Å². The molecular weight excluding hydrogens is 318 g/mol. The first-order valence-electron chi connectivity index (χ1n) is 7.05. The van der Waals surface area contributed by atoms with Crippen molar-refractivity contribution in [3.05, 3.63) is 42.0 Å². The minimum atomic E-state index is -4.02. The van der Waals surface area contributed by atoms with Crippen LogP contribution in [-0.2, 0) is 19.6 Å². The molecule has 0 heterocycles. The lowest BCUT2D eigenvalue weighted by atomic mass is 10.2. The fourth-order valence-corrected chi connectivity index (χ4v) is 1.44. The molecular formula is C16H28NO5S+. The van der Waals surface area contributed by atoms with Gasteiger partial charge in [-0.15, -0.1) is 0 Å². The Labute approximate surface area is 139 Å². The first kappa shape index (κ1) is 23.6. The zero-order chi connectivity index (χ0) is 18.6. The SMILES string of the molecule is C=C(C)C(=O)OCC.C[NH+](C)C.Cc1ccc(S(=O)(=O)O)cc1. The van der Waals surface area contributed by atoms with Crippen molar-refractivity contribution in [2.45, 2.75) is 25.7 Å². The van der Waals surface area contributed by atoms with Crippen molar-refractivity contribution in [3.8, 4) is 0 Å². The molecule has 6 nitrogen and oxygen atoms in total. The smallest absolute Gasteiger partial charge is 0.333 e. The van der Waals surface area contributed by atoms with Crippen molar-refractivity contribution in [2.24, 2.45) is 0 Å². The van der Waals surface area contributed by atoms with Gasteiger partial charge in [-0.3, -0.25) is 4.55 Å². The van der Waals surface area contributed by atoms with E-state index in [0.29, 0.717) is 12.2 Å². The number of aryl methyl sites for hydroxylation is 1. The van der Waals surface area contributed by atoms with Crippen LogP contribution in [0.25, 0.3) is 0 Å². The standard InChI is InChI=1S/C7H8O3S.C6H10O2.C3H9N/c1-6-2-4-7(5-3-6)11(8,9)10;1-4-8-6(7)5(2)3;1-4(2)3/h2-5H,1H3,(H,8,9,10);2,4H2,1,3H3;1-3H3/p+1. The van der Waals surface area contributed by atoms with Gasteiger partial charge in [0.05, 0.1) is 32.6 Å². The van der Waals surface area contributed by atoms with Gasteiger partial charge in [0.25, 0.3) is 10.1 Å². The second-order valence-corrected chi connectivity index (χ2v) is 6.71. The van der Waals surface area contributed by atoms with Crippen molar-refractivity contribution in [2.75, 3.05) is 27.7 Å². The lowest BCUT2D eigenvalue weighted by molar-refractivity contribution is -0.836. The fourth-order valence-electron chi connectivity index (χ4n) is 0.965. The number of carbonyl (C=O) groups excluding carboxylic acids is 1. The highest BCUT2D eigenvalue weighted by Gasteiger charge is 2.06. The number of benzene rings is 1. The number of hydrogen-bond donors (Lipinski definition) is 2. The van der Waals surface area contributed by atoms with Crippen LogP contribution in [0.4, 0.5) is 0 Å². The van der Waals surface area contributed by atoms with Crippen LogP contribution in [0.2, 0.25) is 0 Å². The van der Waals surface area contributed by atoms with Crippen LogP contribution in [0, 0.1) is 6.92 Å². The number of esters is 1. The minimum absolute atomic E-state index is 0.0666. The third kappa shape index (κ3) is 15.0. The Kier molecular flexibility index (Phi) is 12.1. The highest BCUT2D eigenvalue weighted by molar-refractivity contribution is 7.85. The Morgan fingerprint density at radius 1 is 1.22 bits per heavy atom. The van der Waals surface area contributed by atoms with Crippen LogP contribution in [0.3, 0.4) is 0 Å². The van der Waals surface area contributed by atoms with E-state index < -0.39 is 10.1 Å². The zero-order valence-electron chi connectivity index (χ0n) is 14.7. The lowest BCUT2D eigenvalue weighted by Crippen LogP contribution is -3.02. The van der Waals surface area contributed by atoms with E-state index in [2.05, 4.69) is 32.5 Å². The van der Waals surface area contributed by atoms with E-state index in [4.69, 9.17) is 4.55 Å². The largest absolute Gasteiger partial charge is 0.463 e. The molecule has 0 aromatic heterocycles. The summed E-state index contributed by atoms with van der Waals surface area (Å²) in [5.74, 6) is -0.312. The molecule has 23 heavy (non-hydrogen) atoms. The molecule has 132 valence electrons. The summed E-state index contributed by atoms with van der Waals surface area (Å²) < 4.78 is 34.1. The molecule has 0 amide bonds. The minimum Gasteiger partial charge on any atom is -0.463 e. The van der Waals surface area contributed by atoms with Gasteiger partial charge >= 0.3 is 5.97 Å². The van der Waals surface area contributed by atoms with Crippen LogP contribution in [0.15, 0.2) is 41.3 Å². The van der Waals surface area contributed by atoms with E-state index >= 15 is 0 Å². The predicted octanol–water partition coefficient (Wildman–Crippen LogP) is 1.13. The summed E-state index contributed by atoms with van der Waals surface area (Å²) in [4.78, 5) is 11.8. The Morgan fingerprint density at radius 3 is 1.83 bits per heavy atom. The molecule has 0 aliphatic rings. The van der Waals surface area contributed by atoms with Crippen LogP contribution in [0.1, 0.15) is 19.4 Å². The fraction of sp³-hybridized carbons (Fsp3) is 0.438. The van der Waals surface area contributed by atoms with Gasteiger partial charge in [0, 0.05) is 5.57 Å². The third-order valence-electron chi connectivity index (χ3n) is 1.94. The molecule has 0 radical (unpaired) electrons. The van der Waals surface area contributed by atoms with Gasteiger partial charge in [-0.2, -0.15) is 8.42 Å². The number of rotatable bonds is 3. The number of carbonyl (C=O) groups is 1. The summed E-state index contributed by atoms with van der Waals surface area (Å²) >= 11 is 0. The average Bonchev–Trinajstić information content (AvgIpc) is 2.38. The second-order valence-electron chi connectivity index (χ2n) is 5.29. The maximum Gasteiger partial charge on any atom is 0.333 e. The maximum atomic E-state index is 10.5. The van der Waals surface area contributed by atoms with Gasteiger partial charge in [-0.05, 0) is 32.9 Å². The molecule has 0 saturated carbocycles. The molecule has 0 unspecified atom stereocenters. The molecule has 0 fully saturated rings. The molecule has 0 aliphatic heterocycles. The lowest BCUT2D eigenvalue weighted by Gasteiger charge is -1.96. The monoisotopic (exact) mass is 346 g/mol. The molecule has 0 saturated heterocycles. The van der Waals surface area contributed by atoms with Crippen LogP contribution in [-0.4, -0.2) is 46.7 Å². The zero-order valence-corrected chi connectivity index (χ0v) is 15.5. The second kappa shape index (κ2) is 11.8. The molecule has 2 N–H and O–H groups in total. The van der Waals surface area contributed by atoms with E-state index in [9.17, 15) is 13.2 Å². The van der Waals surface area contributed by atoms with Crippen molar-refractivity contribution < 1.29 is 27.4 Å². The quantitative estimate of drug-likeness (QED) is 0.487. The van der Waals surface area contributed by atoms with Crippen molar-refractivity contribution in [1.82, 2.24) is 0 Å². The summed E-state index contributed by atoms with van der Waals surface area (Å²) in [6, 6.07) is 5.99. The molecule has 1 rings (SSSR count). The molecule has 1 aromatic carbocycles. The summed E-state index contributed by atoms with van der Waals surface area (Å²) in [5.41, 5.74) is 1.41. The Balaban J connectivity index is 0. The normalized spacial score (nSPS) is 9.91. The van der Waals surface area contributed by atoms with E-state index in [-0.39, 0.29) is 10.9 Å². The maximum absolute atomic E-state index is 10.5. The number of ether oxygens (including phenoxy) is 1. The van der Waals surface area contributed by atoms with E-state index in [0.717, 1.165) is 5.56 Å². The van der Waals surface area contributed by atoms with Gasteiger partial charge in [0.1, 0.15) is 0 Å². The van der Waals surface area contributed by atoms with Gasteiger partial charge in [-0.25, -0.2) is 4.79 Å². The first-order valence-corrected chi connectivity index (χ1v) is 8.49. The highest BCUT2D eigenvalue weighted by atomic mass is 32.2. The molecule has 0 atom stereocenters. The highest BCUT2D eigenvalue weighted by Crippen LogP contribution is 2.08. The van der Waals surface area contributed by atoms with Crippen LogP contribution < -0.4 is 4.90 Å². The Hall–Kier alpha value is -1.70. The van der Waals surface area contributed by atoms with Crippen molar-refractivity contribution in [3.63, 3.8) is 0 Å². The number of hydrogen-bond acceptors (Lipinski definition) is 4. The molecule has 0 aliphatic carbocycles. The predicted molar refractivity (Wildman–Crippen MR) is 91.2 cm³/mol. The molecule has 0 spiro atoms. The third-order valence-corrected chi connectivity index (χ3v) is 2.81. The van der Waals surface area contributed by atoms with Gasteiger partial charge < -0.3 is 9.64 Å². The first-order chi connectivity index (χ1) is 10.4. The summed E-state index contributed by atoms with van der Waals surface area (Å²) in [7, 11) is 2.23. The van der Waals surface area contributed by atoms with Gasteiger partial charge in [0.15, 0.2) is 0 Å². The molecule has 7 heteroatoms. The number of nitrogens with one attached hydrogen (secondary N) is 1. The average molecular weight is 346 g/mol. The van der Waals surface area contributed by atoms with Crippen molar-refractivity contribution >= 4 is 16.1 Å². The van der Waals surface area contributed by atoms with Crippen molar-refractivity contribution in [1.29, 1.82) is 0 Å². The van der Waals surface area contributed by atoms with Gasteiger partial charge in [0.2, 0.25) is 0 Å². The van der Waals surface area contributed by atoms with Crippen LogP contribution >= 0.6 is 0 Å². The van der Waals surface area contributed by atoms with Crippen LogP contribution in [0.5, 0.6) is 0 Å². The summed E-state index contributed by atoms with van der Waals surface area (Å²) in [6.45, 7) is 9.05. The van der Waals surface area contributed by atoms with E-state index in [1.807, 2.05) is 6.92 Å².